The van der Waals surface area contributed by atoms with Crippen molar-refractivity contribution in [3.8, 4) is 0 Å². The fourth-order valence-electron chi connectivity index (χ4n) is 1.12. The van der Waals surface area contributed by atoms with Crippen LogP contribution in [0.1, 0.15) is 20.8 Å². The number of amides is 1. The summed E-state index contributed by atoms with van der Waals surface area (Å²) in [6, 6.07) is 0. The summed E-state index contributed by atoms with van der Waals surface area (Å²) >= 11 is 0. The number of nitrogens with one attached hydrogen (secondary N) is 2. The SMILES string of the molecule is CNCC(=O)Nc1cnn(C(C)(C)C)c1.Cl. The number of likely N-dealkylation sites (N-methyl/N-ethyl adjacent to an activating group) is 1. The van der Waals surface area contributed by atoms with Crippen molar-refractivity contribution in [2.45, 2.75) is 26.3 Å². The van der Waals surface area contributed by atoms with Crippen molar-refractivity contribution in [2.75, 3.05) is 18.9 Å². The van der Waals surface area contributed by atoms with E-state index in [1.165, 1.54) is 0 Å². The highest BCUT2D eigenvalue weighted by atomic mass is 35.5. The molecule has 0 saturated heterocycles. The van der Waals surface area contributed by atoms with Crippen LogP contribution in [0.3, 0.4) is 0 Å². The molecule has 1 aromatic rings. The molecule has 1 rings (SSSR count). The highest BCUT2D eigenvalue weighted by Crippen LogP contribution is 2.15. The van der Waals surface area contributed by atoms with Gasteiger partial charge in [0.15, 0.2) is 0 Å². The largest absolute Gasteiger partial charge is 0.322 e. The molecule has 16 heavy (non-hydrogen) atoms. The summed E-state index contributed by atoms with van der Waals surface area (Å²) < 4.78 is 1.82. The summed E-state index contributed by atoms with van der Waals surface area (Å²) in [6.45, 7) is 6.47. The normalized spacial score (nSPS) is 10.8. The Balaban J connectivity index is 0.00000225. The fraction of sp³-hybridized carbons (Fsp3) is 0.600. The Kier molecular flexibility index (Phi) is 5.47. The Hall–Kier alpha value is -1.07. The number of nitrogens with zero attached hydrogens (tertiary/aromatic N) is 2. The van der Waals surface area contributed by atoms with Crippen LogP contribution in [0, 0.1) is 0 Å². The van der Waals surface area contributed by atoms with Crippen LogP contribution in [0.2, 0.25) is 0 Å². The van der Waals surface area contributed by atoms with Crippen LogP contribution in [-0.2, 0) is 10.3 Å². The van der Waals surface area contributed by atoms with Crippen LogP contribution in [-0.4, -0.2) is 29.3 Å². The van der Waals surface area contributed by atoms with Crippen molar-refractivity contribution in [1.82, 2.24) is 15.1 Å². The Morgan fingerprint density at radius 2 is 2.12 bits per heavy atom. The molecule has 1 amide bonds. The van der Waals surface area contributed by atoms with E-state index in [0.717, 1.165) is 5.69 Å². The predicted octanol–water partition coefficient (Wildman–Crippen LogP) is 1.22. The molecule has 6 heteroatoms. The van der Waals surface area contributed by atoms with Gasteiger partial charge in [0.2, 0.25) is 5.91 Å². The van der Waals surface area contributed by atoms with Crippen LogP contribution in [0.4, 0.5) is 5.69 Å². The molecule has 1 aromatic heterocycles. The van der Waals surface area contributed by atoms with Gasteiger partial charge in [-0.2, -0.15) is 5.10 Å². The zero-order valence-electron chi connectivity index (χ0n) is 10.1. The second-order valence-corrected chi connectivity index (χ2v) is 4.42. The molecular formula is C10H19ClN4O. The molecule has 0 spiro atoms. The van der Waals surface area contributed by atoms with E-state index >= 15 is 0 Å². The molecule has 2 N–H and O–H groups in total. The van der Waals surface area contributed by atoms with Crippen molar-refractivity contribution < 1.29 is 4.79 Å². The summed E-state index contributed by atoms with van der Waals surface area (Å²) in [5, 5.41) is 9.72. The third kappa shape index (κ3) is 4.20. The Bertz CT molecular complexity index is 343. The highest BCUT2D eigenvalue weighted by molar-refractivity contribution is 5.91. The number of anilines is 1. The van der Waals surface area contributed by atoms with E-state index in [-0.39, 0.29) is 23.9 Å². The van der Waals surface area contributed by atoms with Crippen molar-refractivity contribution >= 4 is 24.0 Å². The third-order valence-corrected chi connectivity index (χ3v) is 1.89. The van der Waals surface area contributed by atoms with E-state index in [4.69, 9.17) is 0 Å². The lowest BCUT2D eigenvalue weighted by molar-refractivity contribution is -0.115. The standard InChI is InChI=1S/C10H18N4O.ClH/c1-10(2,3)14-7-8(5-12-14)13-9(15)6-11-4;/h5,7,11H,6H2,1-4H3,(H,13,15);1H. The molecule has 0 fully saturated rings. The van der Waals surface area contributed by atoms with E-state index in [9.17, 15) is 4.79 Å². The van der Waals surface area contributed by atoms with Crippen LogP contribution < -0.4 is 10.6 Å². The van der Waals surface area contributed by atoms with Gasteiger partial charge in [-0.3, -0.25) is 9.48 Å². The number of rotatable bonds is 3. The molecule has 0 atom stereocenters. The maximum atomic E-state index is 11.3. The van der Waals surface area contributed by atoms with Crippen molar-refractivity contribution in [3.63, 3.8) is 0 Å². The molecule has 0 radical (unpaired) electrons. The summed E-state index contributed by atoms with van der Waals surface area (Å²) in [7, 11) is 1.73. The van der Waals surface area contributed by atoms with Gasteiger partial charge >= 0.3 is 0 Å². The molecule has 0 bridgehead atoms. The zero-order chi connectivity index (χ0) is 11.5. The van der Waals surface area contributed by atoms with Gasteiger partial charge in [0.25, 0.3) is 0 Å². The lowest BCUT2D eigenvalue weighted by atomic mass is 10.1. The van der Waals surface area contributed by atoms with Crippen molar-refractivity contribution in [2.24, 2.45) is 0 Å². The van der Waals surface area contributed by atoms with Gasteiger partial charge in [0, 0.05) is 6.20 Å². The van der Waals surface area contributed by atoms with E-state index in [0.29, 0.717) is 6.54 Å². The minimum Gasteiger partial charge on any atom is -0.322 e. The van der Waals surface area contributed by atoms with E-state index in [2.05, 4.69) is 36.5 Å². The van der Waals surface area contributed by atoms with Crippen LogP contribution in [0.5, 0.6) is 0 Å². The summed E-state index contributed by atoms with van der Waals surface area (Å²) in [4.78, 5) is 11.3. The van der Waals surface area contributed by atoms with Crippen LogP contribution >= 0.6 is 12.4 Å². The minimum atomic E-state index is -0.0639. The summed E-state index contributed by atoms with van der Waals surface area (Å²) in [5.74, 6) is -0.0639. The van der Waals surface area contributed by atoms with E-state index < -0.39 is 0 Å². The van der Waals surface area contributed by atoms with Gasteiger partial charge in [-0.05, 0) is 27.8 Å². The molecule has 5 nitrogen and oxygen atoms in total. The highest BCUT2D eigenvalue weighted by Gasteiger charge is 2.14. The lowest BCUT2D eigenvalue weighted by Crippen LogP contribution is -2.25. The second kappa shape index (κ2) is 5.86. The molecule has 0 saturated carbocycles. The van der Waals surface area contributed by atoms with Crippen molar-refractivity contribution in [3.05, 3.63) is 12.4 Å². The first kappa shape index (κ1) is 14.9. The molecule has 0 aromatic carbocycles. The number of hydrogen-bond donors (Lipinski definition) is 2. The minimum absolute atomic E-state index is 0. The molecule has 92 valence electrons. The summed E-state index contributed by atoms with van der Waals surface area (Å²) in [6.07, 6.45) is 3.48. The number of halogens is 1. The topological polar surface area (TPSA) is 59.0 Å². The first-order valence-electron chi connectivity index (χ1n) is 4.93. The molecule has 0 aliphatic heterocycles. The Labute approximate surface area is 102 Å². The van der Waals surface area contributed by atoms with Gasteiger partial charge in [-0.15, -0.1) is 12.4 Å². The molecule has 0 unspecified atom stereocenters. The van der Waals surface area contributed by atoms with Gasteiger partial charge in [-0.25, -0.2) is 0 Å². The number of hydrogen-bond acceptors (Lipinski definition) is 3. The van der Waals surface area contributed by atoms with Crippen molar-refractivity contribution in [1.29, 1.82) is 0 Å². The number of carbonyl (C=O) groups is 1. The second-order valence-electron chi connectivity index (χ2n) is 4.42. The molecule has 1 heterocycles. The lowest BCUT2D eigenvalue weighted by Gasteiger charge is -2.18. The Morgan fingerprint density at radius 1 is 1.50 bits per heavy atom. The number of aromatic nitrogens is 2. The van der Waals surface area contributed by atoms with E-state index in [1.807, 2.05) is 10.9 Å². The quantitative estimate of drug-likeness (QED) is 0.843. The average Bonchev–Trinajstić information content (AvgIpc) is 2.52. The number of carbonyl (C=O) groups excluding carboxylic acids is 1. The zero-order valence-corrected chi connectivity index (χ0v) is 10.9. The maximum absolute atomic E-state index is 11.3. The predicted molar refractivity (Wildman–Crippen MR) is 67.0 cm³/mol. The first-order valence-corrected chi connectivity index (χ1v) is 4.93. The monoisotopic (exact) mass is 246 g/mol. The van der Waals surface area contributed by atoms with Gasteiger partial charge < -0.3 is 10.6 Å². The third-order valence-electron chi connectivity index (χ3n) is 1.89. The Morgan fingerprint density at radius 3 is 2.56 bits per heavy atom. The molecule has 0 aliphatic rings. The van der Waals surface area contributed by atoms with E-state index in [1.54, 1.807) is 13.2 Å². The summed E-state index contributed by atoms with van der Waals surface area (Å²) in [5.41, 5.74) is 0.664. The maximum Gasteiger partial charge on any atom is 0.238 e. The van der Waals surface area contributed by atoms with Gasteiger partial charge in [0.1, 0.15) is 0 Å². The van der Waals surface area contributed by atoms with Gasteiger partial charge in [0.05, 0.1) is 24.0 Å². The molecular weight excluding hydrogens is 228 g/mol. The fourth-order valence-corrected chi connectivity index (χ4v) is 1.12. The average molecular weight is 247 g/mol. The smallest absolute Gasteiger partial charge is 0.238 e. The first-order chi connectivity index (χ1) is 6.93. The van der Waals surface area contributed by atoms with Gasteiger partial charge in [-0.1, -0.05) is 0 Å². The molecule has 0 aliphatic carbocycles. The van der Waals surface area contributed by atoms with Crippen LogP contribution in [0.25, 0.3) is 0 Å². The van der Waals surface area contributed by atoms with Crippen LogP contribution in [0.15, 0.2) is 12.4 Å².